The summed E-state index contributed by atoms with van der Waals surface area (Å²) >= 11 is 0. The molecular formula is C33H45O4P. The third kappa shape index (κ3) is 7.90. The zero-order chi connectivity index (χ0) is 27.5. The first-order valence-electron chi connectivity index (χ1n) is 14.4. The lowest BCUT2D eigenvalue weighted by Crippen LogP contribution is -2.08. The second kappa shape index (κ2) is 14.4. The Morgan fingerprint density at radius 3 is 0.842 bits per heavy atom. The molecule has 0 spiro atoms. The molecule has 4 nitrogen and oxygen atoms in total. The number of phosphoric acid groups is 1. The van der Waals surface area contributed by atoms with Crippen LogP contribution in [-0.2, 0) is 4.57 Å². The molecule has 0 N–H and O–H groups in total. The fraction of sp³-hybridized carbons (Fsp3) is 0.455. The fourth-order valence-electron chi connectivity index (χ4n) is 5.13. The number of hydrogen-bond donors (Lipinski definition) is 0. The maximum Gasteiger partial charge on any atom is 0.647 e. The van der Waals surface area contributed by atoms with Gasteiger partial charge in [-0.2, -0.15) is 4.57 Å². The van der Waals surface area contributed by atoms with E-state index >= 15 is 0 Å². The van der Waals surface area contributed by atoms with Crippen LogP contribution in [0, 0.1) is 0 Å². The number of benzene rings is 3. The summed E-state index contributed by atoms with van der Waals surface area (Å²) in [5, 5.41) is 0. The second-order valence-corrected chi connectivity index (χ2v) is 11.4. The summed E-state index contributed by atoms with van der Waals surface area (Å²) in [6, 6.07) is 23.3. The molecule has 3 rings (SSSR count). The van der Waals surface area contributed by atoms with Gasteiger partial charge < -0.3 is 13.6 Å². The number of hydrogen-bond acceptors (Lipinski definition) is 4. The summed E-state index contributed by atoms with van der Waals surface area (Å²) in [4.78, 5) is 0. The smallest absolute Gasteiger partial charge is 0.386 e. The minimum absolute atomic E-state index is 0.449. The van der Waals surface area contributed by atoms with Crippen molar-refractivity contribution in [1.29, 1.82) is 0 Å². The molecule has 0 aliphatic rings. The first-order valence-corrected chi connectivity index (χ1v) is 15.8. The maximum absolute atomic E-state index is 14.0. The molecule has 0 saturated heterocycles. The van der Waals surface area contributed by atoms with Gasteiger partial charge in [0.1, 0.15) is 17.2 Å². The van der Waals surface area contributed by atoms with Crippen LogP contribution in [0.15, 0.2) is 72.8 Å². The summed E-state index contributed by atoms with van der Waals surface area (Å²) < 4.78 is 31.9. The van der Waals surface area contributed by atoms with E-state index in [9.17, 15) is 4.57 Å². The molecule has 0 unspecified atom stereocenters. The normalized spacial score (nSPS) is 11.8. The Bertz CT molecular complexity index is 981. The average Bonchev–Trinajstić information content (AvgIpc) is 2.93. The monoisotopic (exact) mass is 536 g/mol. The molecule has 0 amide bonds. The van der Waals surface area contributed by atoms with Crippen molar-refractivity contribution >= 4 is 7.82 Å². The predicted octanol–water partition coefficient (Wildman–Crippen LogP) is 11.0. The molecule has 0 saturated carbocycles. The summed E-state index contributed by atoms with van der Waals surface area (Å²) in [5.41, 5.74) is 3.73. The van der Waals surface area contributed by atoms with Crippen molar-refractivity contribution in [1.82, 2.24) is 0 Å². The van der Waals surface area contributed by atoms with Gasteiger partial charge in [-0.15, -0.1) is 0 Å². The molecule has 0 aliphatic heterocycles. The van der Waals surface area contributed by atoms with Crippen molar-refractivity contribution in [2.24, 2.45) is 0 Å². The first kappa shape index (κ1) is 29.8. The topological polar surface area (TPSA) is 44.8 Å². The maximum atomic E-state index is 14.0. The van der Waals surface area contributed by atoms with Crippen molar-refractivity contribution in [2.75, 3.05) is 0 Å². The second-order valence-electron chi connectivity index (χ2n) is 9.97. The Morgan fingerprint density at radius 2 is 0.658 bits per heavy atom. The summed E-state index contributed by atoms with van der Waals surface area (Å²) in [7, 11) is -4.04. The Balaban J connectivity index is 1.87. The standard InChI is InChI=1S/C33H45O4P/c1-7-25(8-2)28-13-19-31(20-14-28)35-38(34,36-32-21-15-29(16-22-32)26(9-3)10-4)37-33-23-17-30(18-24-33)27(11-5)12-6/h13-27H,7-12H2,1-6H3. The van der Waals surface area contributed by atoms with Crippen LogP contribution in [0.4, 0.5) is 0 Å². The molecule has 0 atom stereocenters. The van der Waals surface area contributed by atoms with Crippen LogP contribution in [0.5, 0.6) is 17.2 Å². The molecule has 0 aromatic heterocycles. The van der Waals surface area contributed by atoms with Gasteiger partial charge in [-0.3, -0.25) is 0 Å². The van der Waals surface area contributed by atoms with Gasteiger partial charge in [-0.25, -0.2) is 0 Å². The van der Waals surface area contributed by atoms with Crippen molar-refractivity contribution in [3.05, 3.63) is 89.5 Å². The Labute approximate surface area is 230 Å². The third-order valence-corrected chi connectivity index (χ3v) is 8.97. The van der Waals surface area contributed by atoms with Gasteiger partial charge >= 0.3 is 7.82 Å². The van der Waals surface area contributed by atoms with Crippen molar-refractivity contribution in [3.63, 3.8) is 0 Å². The van der Waals surface area contributed by atoms with Crippen molar-refractivity contribution in [3.8, 4) is 17.2 Å². The van der Waals surface area contributed by atoms with E-state index in [4.69, 9.17) is 13.6 Å². The lowest BCUT2D eigenvalue weighted by atomic mass is 9.94. The van der Waals surface area contributed by atoms with Crippen LogP contribution in [0.3, 0.4) is 0 Å². The number of phosphoric ester groups is 1. The van der Waals surface area contributed by atoms with Gasteiger partial charge in [-0.05, 0) is 109 Å². The molecular weight excluding hydrogens is 491 g/mol. The van der Waals surface area contributed by atoms with Crippen LogP contribution in [0.1, 0.15) is 115 Å². The van der Waals surface area contributed by atoms with E-state index in [1.54, 1.807) is 0 Å². The molecule has 0 heterocycles. The van der Waals surface area contributed by atoms with Gasteiger partial charge in [0.05, 0.1) is 0 Å². The minimum atomic E-state index is -4.04. The molecule has 3 aromatic carbocycles. The van der Waals surface area contributed by atoms with Crippen LogP contribution in [0.2, 0.25) is 0 Å². The molecule has 38 heavy (non-hydrogen) atoms. The van der Waals surface area contributed by atoms with Crippen molar-refractivity contribution in [2.45, 2.75) is 97.8 Å². The Kier molecular flexibility index (Phi) is 11.3. The van der Waals surface area contributed by atoms with Crippen LogP contribution >= 0.6 is 7.82 Å². The predicted molar refractivity (Wildman–Crippen MR) is 159 cm³/mol. The average molecular weight is 537 g/mol. The van der Waals surface area contributed by atoms with E-state index < -0.39 is 7.82 Å². The first-order chi connectivity index (χ1) is 18.4. The van der Waals surface area contributed by atoms with Crippen LogP contribution in [-0.4, -0.2) is 0 Å². The lowest BCUT2D eigenvalue weighted by molar-refractivity contribution is 0.298. The Hall–Kier alpha value is -2.71. The quantitative estimate of drug-likeness (QED) is 0.181. The highest BCUT2D eigenvalue weighted by Gasteiger charge is 2.33. The summed E-state index contributed by atoms with van der Waals surface area (Å²) in [5.74, 6) is 2.82. The molecule has 206 valence electrons. The van der Waals surface area contributed by atoms with E-state index in [1.807, 2.05) is 72.8 Å². The van der Waals surface area contributed by atoms with Crippen molar-refractivity contribution < 1.29 is 18.1 Å². The lowest BCUT2D eigenvalue weighted by Gasteiger charge is -2.21. The minimum Gasteiger partial charge on any atom is -0.386 e. The SMILES string of the molecule is CCC(CC)c1ccc(OP(=O)(Oc2ccc(C(CC)CC)cc2)Oc2ccc(C(CC)CC)cc2)cc1. The highest BCUT2D eigenvalue weighted by Crippen LogP contribution is 2.50. The molecule has 3 aromatic rings. The van der Waals surface area contributed by atoms with Gasteiger partial charge in [0.15, 0.2) is 0 Å². The van der Waals surface area contributed by atoms with Crippen LogP contribution < -0.4 is 13.6 Å². The summed E-state index contributed by atoms with van der Waals surface area (Å²) in [6.45, 7) is 13.2. The highest BCUT2D eigenvalue weighted by molar-refractivity contribution is 7.49. The van der Waals surface area contributed by atoms with Gasteiger partial charge in [0.2, 0.25) is 0 Å². The van der Waals surface area contributed by atoms with Gasteiger partial charge in [0, 0.05) is 0 Å². The third-order valence-electron chi connectivity index (χ3n) is 7.66. The van der Waals surface area contributed by atoms with Gasteiger partial charge in [-0.1, -0.05) is 77.9 Å². The van der Waals surface area contributed by atoms with E-state index in [0.29, 0.717) is 35.0 Å². The van der Waals surface area contributed by atoms with E-state index in [0.717, 1.165) is 38.5 Å². The van der Waals surface area contributed by atoms with E-state index in [1.165, 1.54) is 16.7 Å². The van der Waals surface area contributed by atoms with Gasteiger partial charge in [0.25, 0.3) is 0 Å². The van der Waals surface area contributed by atoms with E-state index in [-0.39, 0.29) is 0 Å². The van der Waals surface area contributed by atoms with Crippen LogP contribution in [0.25, 0.3) is 0 Å². The summed E-state index contributed by atoms with van der Waals surface area (Å²) in [6.07, 6.45) is 6.42. The zero-order valence-electron chi connectivity index (χ0n) is 24.0. The molecule has 0 fully saturated rings. The zero-order valence-corrected chi connectivity index (χ0v) is 24.9. The molecule has 0 radical (unpaired) electrons. The molecule has 0 bridgehead atoms. The Morgan fingerprint density at radius 1 is 0.447 bits per heavy atom. The molecule has 5 heteroatoms. The highest BCUT2D eigenvalue weighted by atomic mass is 31.2. The fourth-order valence-corrected chi connectivity index (χ4v) is 6.38. The number of rotatable bonds is 15. The molecule has 0 aliphatic carbocycles. The largest absolute Gasteiger partial charge is 0.647 e. The van der Waals surface area contributed by atoms with E-state index in [2.05, 4.69) is 41.5 Å².